The largest absolute Gasteiger partial charge is 0.497 e. The molecule has 1 saturated carbocycles. The fourth-order valence-electron chi connectivity index (χ4n) is 2.88. The molecule has 1 saturated heterocycles. The predicted octanol–water partition coefficient (Wildman–Crippen LogP) is 0.532. The number of imide groups is 1. The van der Waals surface area contributed by atoms with Gasteiger partial charge in [0, 0.05) is 0 Å². The summed E-state index contributed by atoms with van der Waals surface area (Å²) in [6.07, 6.45) is 2.11. The van der Waals surface area contributed by atoms with Crippen molar-refractivity contribution in [1.82, 2.24) is 15.5 Å². The van der Waals surface area contributed by atoms with Crippen molar-refractivity contribution in [3.63, 3.8) is 0 Å². The lowest BCUT2D eigenvalue weighted by Gasteiger charge is -2.22. The first-order valence-electron chi connectivity index (χ1n) is 9.04. The van der Waals surface area contributed by atoms with Crippen molar-refractivity contribution in [3.05, 3.63) is 29.8 Å². The SMILES string of the molecule is COc1ccc([C@@]2(C)NC(=O)N(CC(=O)NCC(=O)OCC3CC3)C2=O)cc1. The third kappa shape index (κ3) is 4.24. The van der Waals surface area contributed by atoms with Gasteiger partial charge in [-0.3, -0.25) is 19.3 Å². The topological polar surface area (TPSA) is 114 Å². The van der Waals surface area contributed by atoms with E-state index < -0.39 is 35.9 Å². The average Bonchev–Trinajstić information content (AvgIpc) is 3.49. The van der Waals surface area contributed by atoms with Crippen molar-refractivity contribution in [3.8, 4) is 5.75 Å². The van der Waals surface area contributed by atoms with Crippen LogP contribution in [0.25, 0.3) is 0 Å². The van der Waals surface area contributed by atoms with E-state index in [2.05, 4.69) is 10.6 Å². The number of amides is 4. The molecule has 1 heterocycles. The fraction of sp³-hybridized carbons (Fsp3) is 0.474. The average molecular weight is 389 g/mol. The maximum Gasteiger partial charge on any atom is 0.325 e. The van der Waals surface area contributed by atoms with Gasteiger partial charge in [-0.2, -0.15) is 0 Å². The molecule has 4 amide bonds. The highest BCUT2D eigenvalue weighted by Gasteiger charge is 2.49. The number of methoxy groups -OCH3 is 1. The highest BCUT2D eigenvalue weighted by Crippen LogP contribution is 2.30. The van der Waals surface area contributed by atoms with Crippen LogP contribution in [0.3, 0.4) is 0 Å². The summed E-state index contributed by atoms with van der Waals surface area (Å²) in [4.78, 5) is 49.5. The third-order valence-corrected chi connectivity index (χ3v) is 4.85. The molecule has 1 atom stereocenters. The van der Waals surface area contributed by atoms with Crippen molar-refractivity contribution in [2.24, 2.45) is 5.92 Å². The number of carbonyl (C=O) groups is 4. The first kappa shape index (κ1) is 19.7. The zero-order valence-electron chi connectivity index (χ0n) is 15.8. The molecule has 28 heavy (non-hydrogen) atoms. The standard InChI is InChI=1S/C19H23N3O6/c1-19(13-5-7-14(27-2)8-6-13)17(25)22(18(26)21-19)10-15(23)20-9-16(24)28-11-12-3-4-12/h5-8,12H,3-4,9-11H2,1-2H3,(H,20,23)(H,21,26)/t19-/m1/s1. The number of ether oxygens (including phenoxy) is 2. The maximum atomic E-state index is 12.8. The van der Waals surface area contributed by atoms with Gasteiger partial charge < -0.3 is 20.1 Å². The zero-order chi connectivity index (χ0) is 20.3. The molecule has 1 aliphatic carbocycles. The van der Waals surface area contributed by atoms with E-state index in [4.69, 9.17) is 9.47 Å². The van der Waals surface area contributed by atoms with E-state index in [0.717, 1.165) is 17.7 Å². The van der Waals surface area contributed by atoms with E-state index in [1.807, 2.05) is 0 Å². The number of esters is 1. The molecule has 9 nitrogen and oxygen atoms in total. The zero-order valence-corrected chi connectivity index (χ0v) is 15.8. The van der Waals surface area contributed by atoms with Gasteiger partial charge in [0.25, 0.3) is 5.91 Å². The first-order valence-corrected chi connectivity index (χ1v) is 9.04. The van der Waals surface area contributed by atoms with Gasteiger partial charge in [0.15, 0.2) is 0 Å². The molecule has 2 N–H and O–H groups in total. The van der Waals surface area contributed by atoms with E-state index in [1.165, 1.54) is 7.11 Å². The molecule has 0 bridgehead atoms. The number of hydrogen-bond acceptors (Lipinski definition) is 6. The molecule has 9 heteroatoms. The monoisotopic (exact) mass is 389 g/mol. The molecule has 1 aromatic rings. The summed E-state index contributed by atoms with van der Waals surface area (Å²) in [5.41, 5.74) is -0.717. The van der Waals surface area contributed by atoms with Gasteiger partial charge in [-0.1, -0.05) is 12.1 Å². The smallest absolute Gasteiger partial charge is 0.325 e. The van der Waals surface area contributed by atoms with Gasteiger partial charge >= 0.3 is 12.0 Å². The second-order valence-electron chi connectivity index (χ2n) is 7.08. The minimum absolute atomic E-state index is 0.301. The maximum absolute atomic E-state index is 12.8. The lowest BCUT2D eigenvalue weighted by molar-refractivity contribution is -0.144. The van der Waals surface area contributed by atoms with Gasteiger partial charge in [-0.05, 0) is 43.4 Å². The van der Waals surface area contributed by atoms with E-state index >= 15 is 0 Å². The van der Waals surface area contributed by atoms with Crippen LogP contribution in [-0.4, -0.2) is 55.5 Å². The van der Waals surface area contributed by atoms with Gasteiger partial charge in [0.05, 0.1) is 13.7 Å². The van der Waals surface area contributed by atoms with Crippen molar-refractivity contribution >= 4 is 23.8 Å². The van der Waals surface area contributed by atoms with Crippen LogP contribution < -0.4 is 15.4 Å². The molecule has 1 aliphatic heterocycles. The first-order chi connectivity index (χ1) is 13.3. The van der Waals surface area contributed by atoms with E-state index in [1.54, 1.807) is 31.2 Å². The minimum Gasteiger partial charge on any atom is -0.497 e. The molecule has 2 fully saturated rings. The third-order valence-electron chi connectivity index (χ3n) is 4.85. The number of benzene rings is 1. The summed E-state index contributed by atoms with van der Waals surface area (Å²) in [6.45, 7) is 1.15. The molecule has 0 spiro atoms. The molecular weight excluding hydrogens is 366 g/mol. The summed E-state index contributed by atoms with van der Waals surface area (Å²) < 4.78 is 10.1. The van der Waals surface area contributed by atoms with Crippen molar-refractivity contribution in [2.75, 3.05) is 26.8 Å². The lowest BCUT2D eigenvalue weighted by atomic mass is 9.92. The Morgan fingerprint density at radius 1 is 1.25 bits per heavy atom. The number of urea groups is 1. The Bertz CT molecular complexity index is 789. The van der Waals surface area contributed by atoms with Crippen LogP contribution >= 0.6 is 0 Å². The van der Waals surface area contributed by atoms with Crippen LogP contribution in [0.1, 0.15) is 25.3 Å². The highest BCUT2D eigenvalue weighted by molar-refractivity contribution is 6.09. The molecular formula is C19H23N3O6. The molecule has 3 rings (SSSR count). The summed E-state index contributed by atoms with van der Waals surface area (Å²) in [5.74, 6) is -0.657. The number of hydrogen-bond donors (Lipinski definition) is 2. The second-order valence-corrected chi connectivity index (χ2v) is 7.08. The van der Waals surface area contributed by atoms with Crippen molar-refractivity contribution in [1.29, 1.82) is 0 Å². The molecule has 2 aliphatic rings. The number of nitrogens with zero attached hydrogens (tertiary/aromatic N) is 1. The minimum atomic E-state index is -1.28. The highest BCUT2D eigenvalue weighted by atomic mass is 16.5. The van der Waals surface area contributed by atoms with Crippen LogP contribution in [0, 0.1) is 5.92 Å². The number of carbonyl (C=O) groups excluding carboxylic acids is 4. The summed E-state index contributed by atoms with van der Waals surface area (Å²) in [5, 5.41) is 4.99. The van der Waals surface area contributed by atoms with Crippen LogP contribution in [0.15, 0.2) is 24.3 Å². The molecule has 1 aromatic carbocycles. The molecule has 0 radical (unpaired) electrons. The molecule has 0 aromatic heterocycles. The Morgan fingerprint density at radius 3 is 2.54 bits per heavy atom. The van der Waals surface area contributed by atoms with E-state index in [-0.39, 0.29) is 6.54 Å². The van der Waals surface area contributed by atoms with Gasteiger partial charge in [-0.25, -0.2) is 4.79 Å². The van der Waals surface area contributed by atoms with Crippen molar-refractivity contribution < 1.29 is 28.7 Å². The summed E-state index contributed by atoms with van der Waals surface area (Å²) in [7, 11) is 1.53. The summed E-state index contributed by atoms with van der Waals surface area (Å²) >= 11 is 0. The lowest BCUT2D eigenvalue weighted by Crippen LogP contribution is -2.44. The fourth-order valence-corrected chi connectivity index (χ4v) is 2.88. The molecule has 0 unspecified atom stereocenters. The van der Waals surface area contributed by atoms with Crippen molar-refractivity contribution in [2.45, 2.75) is 25.3 Å². The second kappa shape index (κ2) is 7.87. The Morgan fingerprint density at radius 2 is 1.93 bits per heavy atom. The normalized spacial score (nSPS) is 21.3. The Labute approximate surface area is 162 Å². The Hall–Kier alpha value is -3.10. The Balaban J connectivity index is 1.56. The van der Waals surface area contributed by atoms with Crippen LogP contribution in [0.2, 0.25) is 0 Å². The van der Waals surface area contributed by atoms with Gasteiger partial charge in [0.2, 0.25) is 5.91 Å². The predicted molar refractivity (Wildman–Crippen MR) is 97.3 cm³/mol. The summed E-state index contributed by atoms with van der Waals surface area (Å²) in [6, 6.07) is 6.05. The van der Waals surface area contributed by atoms with Gasteiger partial charge in [0.1, 0.15) is 24.4 Å². The number of rotatable bonds is 8. The van der Waals surface area contributed by atoms with E-state index in [9.17, 15) is 19.2 Å². The van der Waals surface area contributed by atoms with Crippen LogP contribution in [-0.2, 0) is 24.7 Å². The van der Waals surface area contributed by atoms with Gasteiger partial charge in [-0.15, -0.1) is 0 Å². The van der Waals surface area contributed by atoms with E-state index in [0.29, 0.717) is 23.8 Å². The Kier molecular flexibility index (Phi) is 5.53. The number of nitrogens with one attached hydrogen (secondary N) is 2. The quantitative estimate of drug-likeness (QED) is 0.495. The van der Waals surface area contributed by atoms with Crippen LogP contribution in [0.4, 0.5) is 4.79 Å². The van der Waals surface area contributed by atoms with Crippen LogP contribution in [0.5, 0.6) is 5.75 Å². The molecule has 150 valence electrons.